The number of allylic oxidation sites excluding steroid dienone is 4. The molecule has 0 aromatic heterocycles. The minimum atomic E-state index is -0.771. The van der Waals surface area contributed by atoms with E-state index in [4.69, 9.17) is 14.2 Å². The first-order chi connectivity index (χ1) is 35.0. The highest BCUT2D eigenvalue weighted by atomic mass is 16.6. The van der Waals surface area contributed by atoms with Crippen molar-refractivity contribution < 1.29 is 28.6 Å². The van der Waals surface area contributed by atoms with E-state index in [-0.39, 0.29) is 31.1 Å². The van der Waals surface area contributed by atoms with Gasteiger partial charge in [0.15, 0.2) is 6.10 Å². The van der Waals surface area contributed by atoms with E-state index in [1.54, 1.807) is 0 Å². The van der Waals surface area contributed by atoms with Crippen LogP contribution in [0.2, 0.25) is 0 Å². The van der Waals surface area contributed by atoms with Gasteiger partial charge in [0.25, 0.3) is 0 Å². The van der Waals surface area contributed by atoms with Crippen LogP contribution >= 0.6 is 0 Å². The number of ether oxygens (including phenoxy) is 3. The fourth-order valence-electron chi connectivity index (χ4n) is 9.66. The molecule has 0 fully saturated rings. The van der Waals surface area contributed by atoms with E-state index in [0.717, 1.165) is 96.3 Å². The normalized spacial score (nSPS) is 12.1. The van der Waals surface area contributed by atoms with Crippen molar-refractivity contribution in [3.8, 4) is 0 Å². The zero-order chi connectivity index (χ0) is 51.4. The number of carbonyl (C=O) groups is 3. The predicted molar refractivity (Wildman–Crippen MR) is 307 cm³/mol. The highest BCUT2D eigenvalue weighted by molar-refractivity contribution is 5.71. The second kappa shape index (κ2) is 60.4. The van der Waals surface area contributed by atoms with Crippen LogP contribution in [0, 0.1) is 0 Å². The van der Waals surface area contributed by atoms with Crippen molar-refractivity contribution in [1.29, 1.82) is 0 Å². The lowest BCUT2D eigenvalue weighted by Gasteiger charge is -2.18. The average Bonchev–Trinajstić information content (AvgIpc) is 3.37. The molecular weight excluding hydrogens is 877 g/mol. The summed E-state index contributed by atoms with van der Waals surface area (Å²) in [5.74, 6) is -0.886. The van der Waals surface area contributed by atoms with Gasteiger partial charge in [-0.25, -0.2) is 0 Å². The first-order valence-electron chi connectivity index (χ1n) is 31.8. The summed E-state index contributed by atoms with van der Waals surface area (Å²) in [4.78, 5) is 37.7. The van der Waals surface area contributed by atoms with Crippen LogP contribution in [0.15, 0.2) is 24.3 Å². The third-order valence-corrected chi connectivity index (χ3v) is 14.4. The van der Waals surface area contributed by atoms with Gasteiger partial charge in [0.2, 0.25) is 0 Å². The second-order valence-electron chi connectivity index (χ2n) is 21.7. The lowest BCUT2D eigenvalue weighted by Crippen LogP contribution is -2.30. The maximum absolute atomic E-state index is 12.7. The highest BCUT2D eigenvalue weighted by Gasteiger charge is 2.19. The third kappa shape index (κ3) is 58.7. The van der Waals surface area contributed by atoms with Gasteiger partial charge in [-0.05, 0) is 44.9 Å². The monoisotopic (exact) mass is 999 g/mol. The van der Waals surface area contributed by atoms with Crippen LogP contribution in [0.25, 0.3) is 0 Å². The molecule has 0 amide bonds. The summed E-state index contributed by atoms with van der Waals surface area (Å²) in [5.41, 5.74) is 0. The summed E-state index contributed by atoms with van der Waals surface area (Å²) in [6.45, 7) is 6.52. The second-order valence-corrected chi connectivity index (χ2v) is 21.7. The SMILES string of the molecule is CCC/C=C\C/C=C\CCCCCCCC(=O)OC(COC(=O)CCCCCCC)COC(=O)CCCCCCCCCCCCCCCCCCCCCCCCCCCCCCCCCCCCC. The zero-order valence-electron chi connectivity index (χ0n) is 48.0. The van der Waals surface area contributed by atoms with Gasteiger partial charge < -0.3 is 14.2 Å². The van der Waals surface area contributed by atoms with Crippen LogP contribution in [0.1, 0.15) is 355 Å². The molecule has 0 spiro atoms. The molecule has 0 aliphatic rings. The van der Waals surface area contributed by atoms with Crippen molar-refractivity contribution in [2.75, 3.05) is 13.2 Å². The van der Waals surface area contributed by atoms with Gasteiger partial charge in [0.1, 0.15) is 13.2 Å². The van der Waals surface area contributed by atoms with Gasteiger partial charge in [-0.2, -0.15) is 0 Å². The quantitative estimate of drug-likeness (QED) is 0.0261. The van der Waals surface area contributed by atoms with Crippen molar-refractivity contribution in [2.45, 2.75) is 361 Å². The van der Waals surface area contributed by atoms with E-state index in [2.05, 4.69) is 45.1 Å². The Morgan fingerprint density at radius 3 is 0.831 bits per heavy atom. The Bertz CT molecular complexity index is 1150. The Hall–Kier alpha value is -2.11. The van der Waals surface area contributed by atoms with Crippen molar-refractivity contribution in [2.24, 2.45) is 0 Å². The number of esters is 3. The molecule has 0 saturated carbocycles. The molecule has 0 saturated heterocycles. The first-order valence-corrected chi connectivity index (χ1v) is 31.8. The molecule has 0 aliphatic carbocycles. The van der Waals surface area contributed by atoms with Gasteiger partial charge in [-0.1, -0.05) is 315 Å². The van der Waals surface area contributed by atoms with Crippen LogP contribution in [0.3, 0.4) is 0 Å². The molecule has 1 unspecified atom stereocenters. The van der Waals surface area contributed by atoms with E-state index in [9.17, 15) is 14.4 Å². The molecular formula is C65H122O6. The van der Waals surface area contributed by atoms with Gasteiger partial charge >= 0.3 is 17.9 Å². The molecule has 0 heterocycles. The lowest BCUT2D eigenvalue weighted by molar-refractivity contribution is -0.167. The molecule has 71 heavy (non-hydrogen) atoms. The Morgan fingerprint density at radius 1 is 0.282 bits per heavy atom. The van der Waals surface area contributed by atoms with Gasteiger partial charge in [0.05, 0.1) is 0 Å². The molecule has 0 rings (SSSR count). The van der Waals surface area contributed by atoms with Crippen LogP contribution in [0.4, 0.5) is 0 Å². The molecule has 1 atom stereocenters. The Balaban J connectivity index is 3.79. The number of hydrogen-bond acceptors (Lipinski definition) is 6. The maximum atomic E-state index is 12.7. The lowest BCUT2D eigenvalue weighted by atomic mass is 10.0. The number of carbonyl (C=O) groups excluding carboxylic acids is 3. The van der Waals surface area contributed by atoms with E-state index in [1.807, 2.05) is 0 Å². The summed E-state index contributed by atoms with van der Waals surface area (Å²) >= 11 is 0. The predicted octanol–water partition coefficient (Wildman–Crippen LogP) is 21.4. The third-order valence-electron chi connectivity index (χ3n) is 14.4. The molecule has 0 bridgehead atoms. The standard InChI is InChI=1S/C65H122O6/c1-4-7-10-13-15-17-19-21-22-23-24-25-26-27-28-29-30-31-32-33-34-35-36-37-38-39-40-41-42-44-45-47-49-52-55-58-64(67)70-61-62(60-69-63(66)57-54-51-12-9-6-3)71-65(68)59-56-53-50-48-46-43-20-18-16-14-11-8-5-2/h11,14,18,20,62H,4-10,12-13,15-17,19,21-61H2,1-3H3/b14-11-,20-18-. The fourth-order valence-corrected chi connectivity index (χ4v) is 9.66. The van der Waals surface area contributed by atoms with E-state index in [1.165, 1.54) is 218 Å². The van der Waals surface area contributed by atoms with Crippen molar-refractivity contribution in [3.63, 3.8) is 0 Å². The van der Waals surface area contributed by atoms with Gasteiger partial charge in [0, 0.05) is 19.3 Å². The maximum Gasteiger partial charge on any atom is 0.306 e. The zero-order valence-corrected chi connectivity index (χ0v) is 48.0. The minimum Gasteiger partial charge on any atom is -0.462 e. The van der Waals surface area contributed by atoms with Gasteiger partial charge in [-0.3, -0.25) is 14.4 Å². The number of hydrogen-bond donors (Lipinski definition) is 0. The first kappa shape index (κ1) is 68.9. The summed E-state index contributed by atoms with van der Waals surface area (Å²) in [6.07, 6.45) is 72.8. The summed E-state index contributed by atoms with van der Waals surface area (Å²) in [5, 5.41) is 0. The molecule has 0 aliphatic heterocycles. The van der Waals surface area contributed by atoms with Crippen LogP contribution in [0.5, 0.6) is 0 Å². The molecule has 418 valence electrons. The van der Waals surface area contributed by atoms with Crippen LogP contribution in [-0.4, -0.2) is 37.2 Å². The van der Waals surface area contributed by atoms with E-state index < -0.39 is 6.10 Å². The highest BCUT2D eigenvalue weighted by Crippen LogP contribution is 2.18. The molecule has 0 aromatic rings. The van der Waals surface area contributed by atoms with E-state index >= 15 is 0 Å². The van der Waals surface area contributed by atoms with Crippen molar-refractivity contribution >= 4 is 17.9 Å². The Morgan fingerprint density at radius 2 is 0.535 bits per heavy atom. The topological polar surface area (TPSA) is 78.9 Å². The molecule has 0 N–H and O–H groups in total. The summed E-state index contributed by atoms with van der Waals surface area (Å²) in [7, 11) is 0. The number of unbranched alkanes of at least 4 members (excludes halogenated alkanes) is 44. The van der Waals surface area contributed by atoms with E-state index in [0.29, 0.717) is 19.3 Å². The molecule has 6 nitrogen and oxygen atoms in total. The average molecular weight is 1000 g/mol. The molecule has 6 heteroatoms. The van der Waals surface area contributed by atoms with Crippen molar-refractivity contribution in [3.05, 3.63) is 24.3 Å². The fraction of sp³-hybridized carbons (Fsp3) is 0.892. The summed E-state index contributed by atoms with van der Waals surface area (Å²) < 4.78 is 16.7. The largest absolute Gasteiger partial charge is 0.462 e. The Kier molecular flexibility index (Phi) is 58.6. The summed E-state index contributed by atoms with van der Waals surface area (Å²) in [6, 6.07) is 0. The van der Waals surface area contributed by atoms with Gasteiger partial charge in [-0.15, -0.1) is 0 Å². The minimum absolute atomic E-state index is 0.0735. The van der Waals surface area contributed by atoms with Crippen LogP contribution in [-0.2, 0) is 28.6 Å². The van der Waals surface area contributed by atoms with Crippen molar-refractivity contribution in [1.82, 2.24) is 0 Å². The number of rotatable bonds is 59. The molecule has 0 radical (unpaired) electrons. The van der Waals surface area contributed by atoms with Crippen LogP contribution < -0.4 is 0 Å². The smallest absolute Gasteiger partial charge is 0.306 e. The molecule has 0 aromatic carbocycles. The Labute approximate surface area is 443 Å².